The molecule has 3 rings (SSSR count). The van der Waals surface area contributed by atoms with Crippen LogP contribution in [-0.4, -0.2) is 33.2 Å². The Bertz CT molecular complexity index is 694. The standard InChI is InChI=1S/C21H26N2O3/c1-25-18-9-3-6-15(12-18)20(16-7-4-10-19(13-16)26-2)23-21(24)17-8-5-11-22-14-17/h3-4,6-7,9-10,12-13,17,20,22H,5,8,11,14H2,1-2H3,(H,23,24). The number of piperidine rings is 1. The number of benzene rings is 2. The van der Waals surface area contributed by atoms with Gasteiger partial charge in [-0.3, -0.25) is 4.79 Å². The van der Waals surface area contributed by atoms with E-state index in [1.165, 1.54) is 0 Å². The Morgan fingerprint density at radius 2 is 1.69 bits per heavy atom. The van der Waals surface area contributed by atoms with Crippen LogP contribution in [0, 0.1) is 5.92 Å². The molecular weight excluding hydrogens is 328 g/mol. The van der Waals surface area contributed by atoms with Crippen molar-refractivity contribution >= 4 is 5.91 Å². The zero-order valence-electron chi connectivity index (χ0n) is 15.3. The van der Waals surface area contributed by atoms with Gasteiger partial charge in [0.1, 0.15) is 11.5 Å². The summed E-state index contributed by atoms with van der Waals surface area (Å²) >= 11 is 0. The van der Waals surface area contributed by atoms with Crippen LogP contribution in [0.25, 0.3) is 0 Å². The highest BCUT2D eigenvalue weighted by molar-refractivity contribution is 5.80. The summed E-state index contributed by atoms with van der Waals surface area (Å²) in [5.74, 6) is 1.61. The minimum Gasteiger partial charge on any atom is -0.497 e. The first-order valence-corrected chi connectivity index (χ1v) is 9.00. The van der Waals surface area contributed by atoms with Crippen molar-refractivity contribution in [3.63, 3.8) is 0 Å². The van der Waals surface area contributed by atoms with E-state index >= 15 is 0 Å². The third-order valence-electron chi connectivity index (χ3n) is 4.81. The second-order valence-electron chi connectivity index (χ2n) is 6.54. The van der Waals surface area contributed by atoms with E-state index in [0.717, 1.165) is 48.6 Å². The molecule has 1 heterocycles. The van der Waals surface area contributed by atoms with Gasteiger partial charge in [-0.05, 0) is 54.8 Å². The highest BCUT2D eigenvalue weighted by Gasteiger charge is 2.25. The Morgan fingerprint density at radius 1 is 1.08 bits per heavy atom. The molecule has 2 N–H and O–H groups in total. The third kappa shape index (κ3) is 4.35. The van der Waals surface area contributed by atoms with Crippen molar-refractivity contribution in [3.05, 3.63) is 59.7 Å². The first-order valence-electron chi connectivity index (χ1n) is 9.00. The fraction of sp³-hybridized carbons (Fsp3) is 0.381. The van der Waals surface area contributed by atoms with Crippen LogP contribution in [0.3, 0.4) is 0 Å². The number of carbonyl (C=O) groups excluding carboxylic acids is 1. The van der Waals surface area contributed by atoms with Crippen molar-refractivity contribution in [2.45, 2.75) is 18.9 Å². The van der Waals surface area contributed by atoms with Crippen molar-refractivity contribution in [1.82, 2.24) is 10.6 Å². The lowest BCUT2D eigenvalue weighted by atomic mass is 9.95. The predicted molar refractivity (Wildman–Crippen MR) is 102 cm³/mol. The Hall–Kier alpha value is -2.53. The average Bonchev–Trinajstić information content (AvgIpc) is 2.72. The molecule has 26 heavy (non-hydrogen) atoms. The van der Waals surface area contributed by atoms with Crippen LogP contribution in [0.2, 0.25) is 0 Å². The van der Waals surface area contributed by atoms with Crippen LogP contribution >= 0.6 is 0 Å². The number of amides is 1. The van der Waals surface area contributed by atoms with Crippen molar-refractivity contribution in [1.29, 1.82) is 0 Å². The van der Waals surface area contributed by atoms with Crippen molar-refractivity contribution in [3.8, 4) is 11.5 Å². The summed E-state index contributed by atoms with van der Waals surface area (Å²) in [5.41, 5.74) is 1.96. The van der Waals surface area contributed by atoms with E-state index in [0.29, 0.717) is 0 Å². The molecule has 0 spiro atoms. The van der Waals surface area contributed by atoms with E-state index in [9.17, 15) is 4.79 Å². The molecule has 1 fully saturated rings. The van der Waals surface area contributed by atoms with Crippen LogP contribution in [0.5, 0.6) is 11.5 Å². The molecule has 2 aromatic rings. The van der Waals surface area contributed by atoms with Gasteiger partial charge in [0.15, 0.2) is 0 Å². The smallest absolute Gasteiger partial charge is 0.225 e. The van der Waals surface area contributed by atoms with Crippen molar-refractivity contribution in [2.24, 2.45) is 5.92 Å². The summed E-state index contributed by atoms with van der Waals surface area (Å²) in [4.78, 5) is 12.9. The molecular formula is C21H26N2O3. The van der Waals surface area contributed by atoms with Gasteiger partial charge in [0.05, 0.1) is 26.2 Å². The van der Waals surface area contributed by atoms with E-state index in [-0.39, 0.29) is 17.9 Å². The van der Waals surface area contributed by atoms with Gasteiger partial charge in [0.2, 0.25) is 5.91 Å². The molecule has 0 radical (unpaired) electrons. The minimum absolute atomic E-state index is 0.00228. The maximum absolute atomic E-state index is 12.9. The largest absolute Gasteiger partial charge is 0.497 e. The molecule has 1 saturated heterocycles. The molecule has 0 aliphatic carbocycles. The molecule has 5 nitrogen and oxygen atoms in total. The first kappa shape index (κ1) is 18.3. The number of ether oxygens (including phenoxy) is 2. The first-order chi connectivity index (χ1) is 12.7. The molecule has 1 aliphatic rings. The highest BCUT2D eigenvalue weighted by Crippen LogP contribution is 2.28. The van der Waals surface area contributed by atoms with Gasteiger partial charge in [0.25, 0.3) is 0 Å². The Morgan fingerprint density at radius 3 is 2.19 bits per heavy atom. The summed E-state index contributed by atoms with van der Waals surface area (Å²) in [5, 5.41) is 6.54. The van der Waals surface area contributed by atoms with E-state index in [1.807, 2.05) is 48.5 Å². The molecule has 1 unspecified atom stereocenters. The molecule has 2 aromatic carbocycles. The minimum atomic E-state index is -0.255. The fourth-order valence-corrected chi connectivity index (χ4v) is 3.34. The monoisotopic (exact) mass is 354 g/mol. The Balaban J connectivity index is 1.90. The lowest BCUT2D eigenvalue weighted by Crippen LogP contribution is -2.42. The van der Waals surface area contributed by atoms with Gasteiger partial charge in [-0.1, -0.05) is 24.3 Å². The van der Waals surface area contributed by atoms with E-state index in [4.69, 9.17) is 9.47 Å². The number of carbonyl (C=O) groups is 1. The molecule has 5 heteroatoms. The van der Waals surface area contributed by atoms with Gasteiger partial charge >= 0.3 is 0 Å². The highest BCUT2D eigenvalue weighted by atomic mass is 16.5. The zero-order chi connectivity index (χ0) is 18.4. The summed E-state index contributed by atoms with van der Waals surface area (Å²) in [6, 6.07) is 15.4. The molecule has 1 atom stereocenters. The Labute approximate surface area is 154 Å². The van der Waals surface area contributed by atoms with Gasteiger partial charge < -0.3 is 20.1 Å². The van der Waals surface area contributed by atoms with E-state index in [2.05, 4.69) is 10.6 Å². The van der Waals surface area contributed by atoms with Gasteiger partial charge in [-0.15, -0.1) is 0 Å². The summed E-state index contributed by atoms with van der Waals surface area (Å²) in [6.07, 6.45) is 1.95. The zero-order valence-corrected chi connectivity index (χ0v) is 15.3. The van der Waals surface area contributed by atoms with Gasteiger partial charge in [-0.25, -0.2) is 0 Å². The third-order valence-corrected chi connectivity index (χ3v) is 4.81. The number of rotatable bonds is 6. The molecule has 0 saturated carbocycles. The van der Waals surface area contributed by atoms with Gasteiger partial charge in [0, 0.05) is 6.54 Å². The van der Waals surface area contributed by atoms with Crippen molar-refractivity contribution in [2.75, 3.05) is 27.3 Å². The Kier molecular flexibility index (Phi) is 6.12. The normalized spacial score (nSPS) is 17.0. The molecule has 0 aromatic heterocycles. The van der Waals surface area contributed by atoms with Crippen LogP contribution < -0.4 is 20.1 Å². The van der Waals surface area contributed by atoms with Crippen LogP contribution in [0.1, 0.15) is 30.0 Å². The van der Waals surface area contributed by atoms with Crippen LogP contribution in [-0.2, 0) is 4.79 Å². The lowest BCUT2D eigenvalue weighted by Gasteiger charge is -2.26. The maximum Gasteiger partial charge on any atom is 0.225 e. The topological polar surface area (TPSA) is 59.6 Å². The lowest BCUT2D eigenvalue weighted by molar-refractivity contribution is -0.126. The van der Waals surface area contributed by atoms with Gasteiger partial charge in [-0.2, -0.15) is 0 Å². The van der Waals surface area contributed by atoms with E-state index in [1.54, 1.807) is 14.2 Å². The van der Waals surface area contributed by atoms with Crippen LogP contribution in [0.15, 0.2) is 48.5 Å². The quantitative estimate of drug-likeness (QED) is 0.837. The maximum atomic E-state index is 12.9. The molecule has 1 amide bonds. The van der Waals surface area contributed by atoms with E-state index < -0.39 is 0 Å². The summed E-state index contributed by atoms with van der Waals surface area (Å²) < 4.78 is 10.7. The summed E-state index contributed by atoms with van der Waals surface area (Å²) in [6.45, 7) is 1.72. The molecule has 138 valence electrons. The number of hydrogen-bond acceptors (Lipinski definition) is 4. The predicted octanol–water partition coefficient (Wildman–Crippen LogP) is 2.91. The average molecular weight is 354 g/mol. The van der Waals surface area contributed by atoms with Crippen LogP contribution in [0.4, 0.5) is 0 Å². The second kappa shape index (κ2) is 8.72. The second-order valence-corrected chi connectivity index (χ2v) is 6.54. The SMILES string of the molecule is COc1cccc(C(NC(=O)C2CCCNC2)c2cccc(OC)c2)c1. The fourth-order valence-electron chi connectivity index (χ4n) is 3.34. The molecule has 0 bridgehead atoms. The van der Waals surface area contributed by atoms with Crippen molar-refractivity contribution < 1.29 is 14.3 Å². The molecule has 1 aliphatic heterocycles. The summed E-state index contributed by atoms with van der Waals surface area (Å²) in [7, 11) is 3.29. The number of methoxy groups -OCH3 is 2. The number of nitrogens with one attached hydrogen (secondary N) is 2. The number of hydrogen-bond donors (Lipinski definition) is 2.